The lowest BCUT2D eigenvalue weighted by molar-refractivity contribution is 0.532. The van der Waals surface area contributed by atoms with E-state index in [2.05, 4.69) is 59.1 Å². The van der Waals surface area contributed by atoms with Crippen molar-refractivity contribution in [3.8, 4) is 0 Å². The van der Waals surface area contributed by atoms with Gasteiger partial charge in [0.1, 0.15) is 0 Å². The summed E-state index contributed by atoms with van der Waals surface area (Å²) in [5.41, 5.74) is 1.23. The first-order chi connectivity index (χ1) is 9.60. The van der Waals surface area contributed by atoms with Crippen LogP contribution >= 0.6 is 57.1 Å². The Bertz CT molecular complexity index is 571. The maximum Gasteiger partial charge on any atom is 0.0931 e. The average Bonchev–Trinajstić information content (AvgIpc) is 2.83. The van der Waals surface area contributed by atoms with E-state index >= 15 is 0 Å². The second kappa shape index (κ2) is 7.99. The lowest BCUT2D eigenvalue weighted by Gasteiger charge is -2.19. The van der Waals surface area contributed by atoms with Crippen LogP contribution in [0.4, 0.5) is 0 Å². The predicted octanol–water partition coefficient (Wildman–Crippen LogP) is 5.94. The van der Waals surface area contributed by atoms with Crippen molar-refractivity contribution < 1.29 is 0 Å². The molecule has 2 rings (SSSR count). The number of rotatable bonds is 6. The molecular formula is C15H16Cl2INS. The fourth-order valence-corrected chi connectivity index (χ4v) is 3.68. The summed E-state index contributed by atoms with van der Waals surface area (Å²) in [6.45, 7) is 3.17. The summed E-state index contributed by atoms with van der Waals surface area (Å²) < 4.78 is 1.93. The molecular weight excluding hydrogens is 424 g/mol. The Balaban J connectivity index is 2.19. The minimum Gasteiger partial charge on any atom is -0.310 e. The molecule has 1 aromatic heterocycles. The summed E-state index contributed by atoms with van der Waals surface area (Å²) >= 11 is 16.2. The van der Waals surface area contributed by atoms with Gasteiger partial charge in [-0.2, -0.15) is 0 Å². The van der Waals surface area contributed by atoms with Crippen molar-refractivity contribution in [1.82, 2.24) is 5.32 Å². The third kappa shape index (κ3) is 4.60. The fraction of sp³-hybridized carbons (Fsp3) is 0.333. The molecule has 1 aromatic carbocycles. The quantitative estimate of drug-likeness (QED) is 0.549. The van der Waals surface area contributed by atoms with Crippen molar-refractivity contribution in [2.45, 2.75) is 25.8 Å². The van der Waals surface area contributed by atoms with E-state index in [1.165, 1.54) is 10.4 Å². The molecule has 0 aliphatic heterocycles. The Morgan fingerprint density at radius 2 is 2.05 bits per heavy atom. The van der Waals surface area contributed by atoms with Crippen LogP contribution in [-0.2, 0) is 6.42 Å². The Kier molecular flexibility index (Phi) is 6.62. The van der Waals surface area contributed by atoms with Gasteiger partial charge in [-0.3, -0.25) is 0 Å². The Hall–Kier alpha value is 0.190. The number of benzene rings is 1. The van der Waals surface area contributed by atoms with E-state index < -0.39 is 0 Å². The standard InChI is InChI=1S/C15H16Cl2INS/c1-2-7-19-14(9-11-4-6-15(17)20-11)10-3-5-13(18)12(16)8-10/h3-6,8,14,19H,2,7,9H2,1H3. The molecule has 0 aliphatic rings. The first-order valence-corrected chi connectivity index (χ1v) is 9.17. The maximum atomic E-state index is 6.25. The Morgan fingerprint density at radius 1 is 1.25 bits per heavy atom. The highest BCUT2D eigenvalue weighted by atomic mass is 127. The van der Waals surface area contributed by atoms with Crippen LogP contribution in [-0.4, -0.2) is 6.54 Å². The lowest BCUT2D eigenvalue weighted by Crippen LogP contribution is -2.23. The molecule has 1 unspecified atom stereocenters. The molecule has 0 aliphatic carbocycles. The smallest absolute Gasteiger partial charge is 0.0931 e. The number of halogens is 3. The molecule has 0 saturated carbocycles. The molecule has 0 bridgehead atoms. The molecule has 0 fully saturated rings. The number of nitrogens with one attached hydrogen (secondary N) is 1. The highest BCUT2D eigenvalue weighted by molar-refractivity contribution is 14.1. The van der Waals surface area contributed by atoms with E-state index in [0.717, 1.165) is 32.3 Å². The molecule has 1 N–H and O–H groups in total. The van der Waals surface area contributed by atoms with E-state index in [9.17, 15) is 0 Å². The van der Waals surface area contributed by atoms with Crippen LogP contribution in [0.5, 0.6) is 0 Å². The van der Waals surface area contributed by atoms with Crippen molar-refractivity contribution in [3.05, 3.63) is 53.7 Å². The molecule has 0 spiro atoms. The van der Waals surface area contributed by atoms with E-state index in [1.54, 1.807) is 11.3 Å². The van der Waals surface area contributed by atoms with Crippen LogP contribution < -0.4 is 5.32 Å². The molecule has 5 heteroatoms. The number of thiophene rings is 1. The molecule has 108 valence electrons. The summed E-state index contributed by atoms with van der Waals surface area (Å²) in [4.78, 5) is 1.29. The van der Waals surface area contributed by atoms with Crippen LogP contribution in [0.15, 0.2) is 30.3 Å². The molecule has 1 nitrogen and oxygen atoms in total. The topological polar surface area (TPSA) is 12.0 Å². The van der Waals surface area contributed by atoms with Crippen LogP contribution in [0.1, 0.15) is 29.8 Å². The Labute approximate surface area is 147 Å². The number of hydrogen-bond acceptors (Lipinski definition) is 2. The van der Waals surface area contributed by atoms with E-state index in [0.29, 0.717) is 0 Å². The normalized spacial score (nSPS) is 12.6. The fourth-order valence-electron chi connectivity index (χ4n) is 2.02. The van der Waals surface area contributed by atoms with Crippen molar-refractivity contribution in [1.29, 1.82) is 0 Å². The van der Waals surface area contributed by atoms with Gasteiger partial charge in [-0.05, 0) is 65.4 Å². The lowest BCUT2D eigenvalue weighted by atomic mass is 10.0. The van der Waals surface area contributed by atoms with E-state index in [-0.39, 0.29) is 6.04 Å². The van der Waals surface area contributed by atoms with Crippen LogP contribution in [0, 0.1) is 3.57 Å². The zero-order valence-electron chi connectivity index (χ0n) is 11.1. The first kappa shape index (κ1) is 16.6. The minimum atomic E-state index is 0.277. The molecule has 0 saturated heterocycles. The van der Waals surface area contributed by atoms with Gasteiger partial charge in [0.2, 0.25) is 0 Å². The molecule has 1 atom stereocenters. The second-order valence-corrected chi connectivity index (χ2v) is 7.96. The zero-order valence-corrected chi connectivity index (χ0v) is 15.6. The zero-order chi connectivity index (χ0) is 14.5. The summed E-state index contributed by atoms with van der Waals surface area (Å²) in [6.07, 6.45) is 2.05. The molecule has 0 amide bonds. The molecule has 2 aromatic rings. The summed E-state index contributed by atoms with van der Waals surface area (Å²) in [5, 5.41) is 4.41. The summed E-state index contributed by atoms with van der Waals surface area (Å²) in [6, 6.07) is 10.6. The third-order valence-electron chi connectivity index (χ3n) is 3.02. The van der Waals surface area contributed by atoms with E-state index in [4.69, 9.17) is 23.2 Å². The van der Waals surface area contributed by atoms with Crippen molar-refractivity contribution in [2.24, 2.45) is 0 Å². The van der Waals surface area contributed by atoms with Gasteiger partial charge in [-0.1, -0.05) is 36.2 Å². The summed E-state index contributed by atoms with van der Waals surface area (Å²) in [7, 11) is 0. The van der Waals surface area contributed by atoms with Crippen LogP contribution in [0.3, 0.4) is 0 Å². The van der Waals surface area contributed by atoms with Crippen molar-refractivity contribution in [3.63, 3.8) is 0 Å². The van der Waals surface area contributed by atoms with Gasteiger partial charge in [-0.15, -0.1) is 11.3 Å². The number of hydrogen-bond donors (Lipinski definition) is 1. The van der Waals surface area contributed by atoms with Gasteiger partial charge < -0.3 is 5.32 Å². The first-order valence-electron chi connectivity index (χ1n) is 6.52. The maximum absolute atomic E-state index is 6.25. The molecule has 1 heterocycles. The highest BCUT2D eigenvalue weighted by Gasteiger charge is 2.14. The SMILES string of the molecule is CCCNC(Cc1ccc(Cl)s1)c1ccc(I)c(Cl)c1. The van der Waals surface area contributed by atoms with Gasteiger partial charge in [0, 0.05) is 20.9 Å². The summed E-state index contributed by atoms with van der Waals surface area (Å²) in [5.74, 6) is 0. The minimum absolute atomic E-state index is 0.277. The van der Waals surface area contributed by atoms with Gasteiger partial charge in [0.25, 0.3) is 0 Å². The largest absolute Gasteiger partial charge is 0.310 e. The van der Waals surface area contributed by atoms with Crippen molar-refractivity contribution in [2.75, 3.05) is 6.54 Å². The van der Waals surface area contributed by atoms with Crippen LogP contribution in [0.25, 0.3) is 0 Å². The van der Waals surface area contributed by atoms with Gasteiger partial charge in [0.05, 0.1) is 9.36 Å². The second-order valence-electron chi connectivity index (χ2n) is 4.59. The third-order valence-corrected chi connectivity index (χ3v) is 5.85. The predicted molar refractivity (Wildman–Crippen MR) is 98.2 cm³/mol. The molecule has 20 heavy (non-hydrogen) atoms. The van der Waals surface area contributed by atoms with Gasteiger partial charge >= 0.3 is 0 Å². The molecule has 0 radical (unpaired) electrons. The monoisotopic (exact) mass is 439 g/mol. The van der Waals surface area contributed by atoms with E-state index in [1.807, 2.05) is 6.07 Å². The average molecular weight is 440 g/mol. The Morgan fingerprint density at radius 3 is 2.65 bits per heavy atom. The van der Waals surface area contributed by atoms with Crippen LogP contribution in [0.2, 0.25) is 9.36 Å². The van der Waals surface area contributed by atoms with Crippen molar-refractivity contribution >= 4 is 57.1 Å². The van der Waals surface area contributed by atoms with Gasteiger partial charge in [-0.25, -0.2) is 0 Å². The highest BCUT2D eigenvalue weighted by Crippen LogP contribution is 2.29. The van der Waals surface area contributed by atoms with Gasteiger partial charge in [0.15, 0.2) is 0 Å².